The molecule has 4 rings (SSSR count). The molecule has 36 heavy (non-hydrogen) atoms. The number of carboxylic acids is 1. The third kappa shape index (κ3) is 5.31. The second-order valence-electron chi connectivity index (χ2n) is 7.00. The molecule has 0 radical (unpaired) electrons. The van der Waals surface area contributed by atoms with E-state index in [9.17, 15) is 24.3 Å². The number of amides is 3. The molecule has 2 aliphatic rings. The molecule has 1 fully saturated rings. The van der Waals surface area contributed by atoms with Crippen LogP contribution in [0.15, 0.2) is 38.5 Å². The SMILES string of the molecule is CCO/N=C(\C(=O)NC1C(=O)N2C(C(=O)O)=C(CSc3nncs3)CS[C@H]12)c1nccc(NC=O)n1. The zero-order valence-corrected chi connectivity index (χ0v) is 20.9. The molecule has 0 aromatic carbocycles. The fourth-order valence-electron chi connectivity index (χ4n) is 3.31. The zero-order valence-electron chi connectivity index (χ0n) is 18.5. The first-order valence-electron chi connectivity index (χ1n) is 10.3. The number of hydrogen-bond acceptors (Lipinski definition) is 13. The number of carbonyl (C=O) groups excluding carboxylic acids is 3. The monoisotopic (exact) mass is 550 g/mol. The molecule has 4 heterocycles. The summed E-state index contributed by atoms with van der Waals surface area (Å²) in [6, 6.07) is 0.429. The van der Waals surface area contributed by atoms with E-state index in [1.165, 1.54) is 52.0 Å². The summed E-state index contributed by atoms with van der Waals surface area (Å²) in [6.07, 6.45) is 1.74. The molecule has 0 saturated carbocycles. The first kappa shape index (κ1) is 25.5. The third-order valence-electron chi connectivity index (χ3n) is 4.82. The van der Waals surface area contributed by atoms with E-state index in [2.05, 4.69) is 36.0 Å². The number of β-lactam (4-membered cyclic amide) rings is 1. The Morgan fingerprint density at radius 2 is 2.28 bits per heavy atom. The Morgan fingerprint density at radius 3 is 2.97 bits per heavy atom. The molecule has 2 aliphatic heterocycles. The Hall–Kier alpha value is -3.57. The molecule has 14 nitrogen and oxygen atoms in total. The highest BCUT2D eigenvalue weighted by molar-refractivity contribution is 8.01. The van der Waals surface area contributed by atoms with E-state index in [0.29, 0.717) is 27.8 Å². The van der Waals surface area contributed by atoms with E-state index >= 15 is 0 Å². The van der Waals surface area contributed by atoms with Crippen LogP contribution in [0.4, 0.5) is 5.82 Å². The van der Waals surface area contributed by atoms with Crippen molar-refractivity contribution in [2.75, 3.05) is 23.4 Å². The van der Waals surface area contributed by atoms with Gasteiger partial charge in [-0.3, -0.25) is 19.3 Å². The van der Waals surface area contributed by atoms with Crippen LogP contribution in [0.2, 0.25) is 0 Å². The van der Waals surface area contributed by atoms with Gasteiger partial charge in [-0.15, -0.1) is 22.0 Å². The van der Waals surface area contributed by atoms with Gasteiger partial charge in [0.2, 0.25) is 12.1 Å². The second kappa shape index (κ2) is 11.4. The summed E-state index contributed by atoms with van der Waals surface area (Å²) >= 11 is 4.02. The molecule has 2 atom stereocenters. The zero-order chi connectivity index (χ0) is 25.7. The minimum absolute atomic E-state index is 0.0922. The molecule has 3 N–H and O–H groups in total. The van der Waals surface area contributed by atoms with Gasteiger partial charge < -0.3 is 20.6 Å². The molecular formula is C19H18N8O6S3. The van der Waals surface area contributed by atoms with E-state index in [-0.39, 0.29) is 29.7 Å². The number of aliphatic carboxylic acids is 1. The van der Waals surface area contributed by atoms with Crippen LogP contribution >= 0.6 is 34.9 Å². The number of nitrogens with zero attached hydrogens (tertiary/aromatic N) is 6. The Bertz CT molecular complexity index is 1240. The molecule has 3 amide bonds. The molecular weight excluding hydrogens is 532 g/mol. The summed E-state index contributed by atoms with van der Waals surface area (Å²) in [5.74, 6) is -1.88. The number of carbonyl (C=O) groups is 4. The maximum Gasteiger partial charge on any atom is 0.352 e. The lowest BCUT2D eigenvalue weighted by Crippen LogP contribution is -2.71. The lowest BCUT2D eigenvalue weighted by Gasteiger charge is -2.49. The lowest BCUT2D eigenvalue weighted by molar-refractivity contribution is -0.150. The number of hydrogen-bond donors (Lipinski definition) is 3. The Kier molecular flexibility index (Phi) is 8.11. The van der Waals surface area contributed by atoms with Gasteiger partial charge in [0.1, 0.15) is 35.0 Å². The van der Waals surface area contributed by atoms with Crippen LogP contribution in [0.1, 0.15) is 12.7 Å². The van der Waals surface area contributed by atoms with E-state index in [4.69, 9.17) is 4.84 Å². The van der Waals surface area contributed by atoms with Gasteiger partial charge in [-0.1, -0.05) is 28.3 Å². The molecule has 17 heteroatoms. The standard InChI is InChI=1S/C19H18N8O6S3/c1-2-33-26-11(14-20-4-3-10(23-14)21-7-28)15(29)24-12-16(30)27-13(18(31)32)9(5-34-17(12)27)6-35-19-25-22-8-36-19/h3-4,7-8,12,17H,2,5-6H2,1H3,(H,24,29)(H,31,32)(H,20,21,23,28)/b26-11-/t12?,17-/m1/s1. The number of rotatable bonds is 11. The fraction of sp³-hybridized carbons (Fsp3) is 0.316. The van der Waals surface area contributed by atoms with Crippen molar-refractivity contribution in [3.63, 3.8) is 0 Å². The predicted octanol–water partition coefficient (Wildman–Crippen LogP) is 0.168. The summed E-state index contributed by atoms with van der Waals surface area (Å²) in [7, 11) is 0. The molecule has 0 spiro atoms. The lowest BCUT2D eigenvalue weighted by atomic mass is 10.0. The molecule has 188 valence electrons. The molecule has 1 saturated heterocycles. The normalized spacial score (nSPS) is 19.3. The van der Waals surface area contributed by atoms with Crippen molar-refractivity contribution in [2.45, 2.75) is 22.7 Å². The highest BCUT2D eigenvalue weighted by Crippen LogP contribution is 2.41. The van der Waals surface area contributed by atoms with Gasteiger partial charge in [0, 0.05) is 17.7 Å². The van der Waals surface area contributed by atoms with Gasteiger partial charge in [-0.25, -0.2) is 14.8 Å². The number of fused-ring (bicyclic) bond motifs is 1. The van der Waals surface area contributed by atoms with Gasteiger partial charge in [-0.05, 0) is 18.6 Å². The smallest absolute Gasteiger partial charge is 0.352 e. The van der Waals surface area contributed by atoms with Crippen molar-refractivity contribution in [1.29, 1.82) is 0 Å². The maximum absolute atomic E-state index is 13.0. The number of aromatic nitrogens is 4. The van der Waals surface area contributed by atoms with E-state index in [1.54, 1.807) is 12.4 Å². The van der Waals surface area contributed by atoms with Crippen LogP contribution in [0, 0.1) is 0 Å². The van der Waals surface area contributed by atoms with Crippen molar-refractivity contribution in [2.24, 2.45) is 5.16 Å². The van der Waals surface area contributed by atoms with Crippen molar-refractivity contribution < 1.29 is 29.1 Å². The van der Waals surface area contributed by atoms with Gasteiger partial charge >= 0.3 is 5.97 Å². The van der Waals surface area contributed by atoms with Crippen LogP contribution in [0.3, 0.4) is 0 Å². The van der Waals surface area contributed by atoms with Crippen LogP contribution < -0.4 is 10.6 Å². The first-order valence-corrected chi connectivity index (χ1v) is 13.2. The van der Waals surface area contributed by atoms with Crippen LogP contribution in [-0.4, -0.2) is 89.6 Å². The van der Waals surface area contributed by atoms with Crippen molar-refractivity contribution in [3.05, 3.63) is 34.9 Å². The molecule has 2 aromatic rings. The number of anilines is 1. The summed E-state index contributed by atoms with van der Waals surface area (Å²) in [5.41, 5.74) is 1.76. The molecule has 2 aromatic heterocycles. The van der Waals surface area contributed by atoms with Crippen molar-refractivity contribution in [3.8, 4) is 0 Å². The van der Waals surface area contributed by atoms with E-state index < -0.39 is 29.2 Å². The highest BCUT2D eigenvalue weighted by atomic mass is 32.2. The predicted molar refractivity (Wildman–Crippen MR) is 130 cm³/mol. The highest BCUT2D eigenvalue weighted by Gasteiger charge is 2.54. The quantitative estimate of drug-likeness (QED) is 0.113. The van der Waals surface area contributed by atoms with Crippen LogP contribution in [0.5, 0.6) is 0 Å². The van der Waals surface area contributed by atoms with Gasteiger partial charge in [-0.2, -0.15) is 0 Å². The second-order valence-corrected chi connectivity index (χ2v) is 10.2. The third-order valence-corrected chi connectivity index (χ3v) is 8.11. The number of oxime groups is 1. The minimum Gasteiger partial charge on any atom is -0.477 e. The van der Waals surface area contributed by atoms with Crippen LogP contribution in [0.25, 0.3) is 0 Å². The van der Waals surface area contributed by atoms with E-state index in [1.807, 2.05) is 0 Å². The van der Waals surface area contributed by atoms with Gasteiger partial charge in [0.25, 0.3) is 11.8 Å². The van der Waals surface area contributed by atoms with Crippen LogP contribution in [-0.2, 0) is 24.0 Å². The van der Waals surface area contributed by atoms with E-state index in [0.717, 1.165) is 0 Å². The Balaban J connectivity index is 1.51. The van der Waals surface area contributed by atoms with Crippen molar-refractivity contribution in [1.82, 2.24) is 30.4 Å². The Morgan fingerprint density at radius 1 is 1.44 bits per heavy atom. The number of thioether (sulfide) groups is 2. The number of nitrogens with one attached hydrogen (secondary N) is 2. The molecule has 0 bridgehead atoms. The minimum atomic E-state index is -1.22. The fourth-order valence-corrected chi connectivity index (χ4v) is 6.28. The van der Waals surface area contributed by atoms with Gasteiger partial charge in [0.15, 0.2) is 10.2 Å². The summed E-state index contributed by atoms with van der Waals surface area (Å²) in [5, 5.41) is 25.6. The first-order chi connectivity index (χ1) is 17.4. The topological polar surface area (TPSA) is 189 Å². The largest absolute Gasteiger partial charge is 0.477 e. The summed E-state index contributed by atoms with van der Waals surface area (Å²) in [6.45, 7) is 1.82. The van der Waals surface area contributed by atoms with Crippen molar-refractivity contribution >= 4 is 70.6 Å². The maximum atomic E-state index is 13.0. The summed E-state index contributed by atoms with van der Waals surface area (Å²) in [4.78, 5) is 63.0. The number of carboxylic acid groups (broad SMARTS) is 1. The Labute approximate surface area is 216 Å². The average molecular weight is 551 g/mol. The average Bonchev–Trinajstić information content (AvgIpc) is 3.39. The molecule has 0 aliphatic carbocycles. The van der Waals surface area contributed by atoms with Gasteiger partial charge in [0.05, 0.1) is 0 Å². The molecule has 1 unspecified atom stereocenters. The summed E-state index contributed by atoms with van der Waals surface area (Å²) < 4.78 is 0.690.